The molecule has 2 fully saturated rings. The highest BCUT2D eigenvalue weighted by Gasteiger charge is 2.64. The van der Waals surface area contributed by atoms with E-state index in [1.165, 1.54) is 12.8 Å². The topological polar surface area (TPSA) is 21.3 Å². The van der Waals surface area contributed by atoms with E-state index in [4.69, 9.17) is 4.74 Å². The second-order valence-electron chi connectivity index (χ2n) is 6.43. The molecule has 1 saturated carbocycles. The summed E-state index contributed by atoms with van der Waals surface area (Å²) in [6, 6.07) is 0.657. The van der Waals surface area contributed by atoms with Crippen LogP contribution in [-0.2, 0) is 4.74 Å². The van der Waals surface area contributed by atoms with Gasteiger partial charge in [0.1, 0.15) is 0 Å². The molecule has 2 unspecified atom stereocenters. The van der Waals surface area contributed by atoms with E-state index < -0.39 is 0 Å². The molecule has 0 amide bonds. The molecule has 2 rings (SSSR count). The van der Waals surface area contributed by atoms with Gasteiger partial charge < -0.3 is 10.1 Å². The first-order valence-corrected chi connectivity index (χ1v) is 6.24. The highest BCUT2D eigenvalue weighted by Crippen LogP contribution is 2.62. The lowest BCUT2D eigenvalue weighted by Gasteiger charge is -2.13. The van der Waals surface area contributed by atoms with Gasteiger partial charge in [0, 0.05) is 12.6 Å². The van der Waals surface area contributed by atoms with Crippen molar-refractivity contribution in [3.8, 4) is 0 Å². The Bertz CT molecular complexity index is 233. The van der Waals surface area contributed by atoms with Crippen LogP contribution in [0.4, 0.5) is 0 Å². The summed E-state index contributed by atoms with van der Waals surface area (Å²) < 4.78 is 5.81. The van der Waals surface area contributed by atoms with E-state index in [9.17, 15) is 0 Å². The number of nitrogens with one attached hydrogen (secondary N) is 1. The van der Waals surface area contributed by atoms with Crippen molar-refractivity contribution in [2.24, 2.45) is 10.8 Å². The zero-order chi connectivity index (χ0) is 11.3. The van der Waals surface area contributed by atoms with E-state index in [2.05, 4.69) is 39.9 Å². The molecule has 0 aromatic carbocycles. The van der Waals surface area contributed by atoms with E-state index in [1.54, 1.807) is 0 Å². The largest absolute Gasteiger partial charge is 0.374 e. The Balaban J connectivity index is 1.76. The predicted molar refractivity (Wildman–Crippen MR) is 62.9 cm³/mol. The zero-order valence-corrected chi connectivity index (χ0v) is 10.8. The van der Waals surface area contributed by atoms with Crippen LogP contribution in [0.25, 0.3) is 0 Å². The van der Waals surface area contributed by atoms with Crippen LogP contribution in [0.3, 0.4) is 0 Å². The summed E-state index contributed by atoms with van der Waals surface area (Å²) in [6.07, 6.45) is 3.37. The average molecular weight is 211 g/mol. The molecule has 2 atom stereocenters. The van der Waals surface area contributed by atoms with Crippen molar-refractivity contribution in [1.29, 1.82) is 0 Å². The first-order valence-electron chi connectivity index (χ1n) is 6.24. The number of ether oxygens (including phenoxy) is 1. The first-order chi connectivity index (χ1) is 6.85. The molecule has 0 spiro atoms. The van der Waals surface area contributed by atoms with Crippen molar-refractivity contribution in [3.63, 3.8) is 0 Å². The van der Waals surface area contributed by atoms with Gasteiger partial charge in [0.2, 0.25) is 0 Å². The molecule has 1 heterocycles. The predicted octanol–water partition coefficient (Wildman–Crippen LogP) is 2.58. The minimum Gasteiger partial charge on any atom is -0.374 e. The fourth-order valence-electron chi connectivity index (χ4n) is 2.99. The molecular formula is C13H25NO. The third-order valence-corrected chi connectivity index (χ3v) is 4.89. The van der Waals surface area contributed by atoms with Gasteiger partial charge in [-0.2, -0.15) is 0 Å². The summed E-state index contributed by atoms with van der Waals surface area (Å²) in [5.74, 6) is 0. The standard InChI is InChI=1S/C13H25NO/c1-9-6-7-10(15-9)8-14-11-12(2,3)13(11,4)5/h9-11,14H,6-8H2,1-5H3. The second kappa shape index (κ2) is 3.46. The lowest BCUT2D eigenvalue weighted by molar-refractivity contribution is 0.0551. The molecule has 88 valence electrons. The Labute approximate surface area is 93.8 Å². The van der Waals surface area contributed by atoms with Crippen LogP contribution in [0.5, 0.6) is 0 Å². The van der Waals surface area contributed by atoms with Crippen molar-refractivity contribution < 1.29 is 4.74 Å². The summed E-state index contributed by atoms with van der Waals surface area (Å²) in [4.78, 5) is 0. The van der Waals surface area contributed by atoms with Crippen LogP contribution in [0, 0.1) is 10.8 Å². The summed E-state index contributed by atoms with van der Waals surface area (Å²) in [5, 5.41) is 3.67. The minimum atomic E-state index is 0.442. The van der Waals surface area contributed by atoms with Crippen molar-refractivity contribution in [1.82, 2.24) is 5.32 Å². The molecule has 0 aromatic heterocycles. The van der Waals surface area contributed by atoms with Crippen LogP contribution in [0.1, 0.15) is 47.5 Å². The highest BCUT2D eigenvalue weighted by molar-refractivity contribution is 5.17. The second-order valence-corrected chi connectivity index (χ2v) is 6.43. The van der Waals surface area contributed by atoms with Gasteiger partial charge in [0.15, 0.2) is 0 Å². The quantitative estimate of drug-likeness (QED) is 0.774. The van der Waals surface area contributed by atoms with Crippen LogP contribution in [0.15, 0.2) is 0 Å². The number of hydrogen-bond acceptors (Lipinski definition) is 2. The molecule has 1 saturated heterocycles. The van der Waals surface area contributed by atoms with Crippen LogP contribution in [0.2, 0.25) is 0 Å². The van der Waals surface area contributed by atoms with Gasteiger partial charge in [-0.3, -0.25) is 0 Å². The molecule has 2 nitrogen and oxygen atoms in total. The number of rotatable bonds is 3. The third-order valence-electron chi connectivity index (χ3n) is 4.89. The normalized spacial score (nSPS) is 38.2. The first kappa shape index (κ1) is 11.4. The fourth-order valence-corrected chi connectivity index (χ4v) is 2.99. The van der Waals surface area contributed by atoms with Gasteiger partial charge in [-0.15, -0.1) is 0 Å². The molecule has 0 radical (unpaired) electrons. The van der Waals surface area contributed by atoms with E-state index in [1.807, 2.05) is 0 Å². The maximum absolute atomic E-state index is 5.81. The van der Waals surface area contributed by atoms with Crippen LogP contribution < -0.4 is 5.32 Å². The van der Waals surface area contributed by atoms with Crippen molar-refractivity contribution in [2.45, 2.75) is 65.7 Å². The monoisotopic (exact) mass is 211 g/mol. The zero-order valence-electron chi connectivity index (χ0n) is 10.8. The molecule has 15 heavy (non-hydrogen) atoms. The van der Waals surface area contributed by atoms with E-state index >= 15 is 0 Å². The van der Waals surface area contributed by atoms with Crippen molar-refractivity contribution in [2.75, 3.05) is 6.54 Å². The Morgan fingerprint density at radius 1 is 1.13 bits per heavy atom. The lowest BCUT2D eigenvalue weighted by atomic mass is 10.0. The Kier molecular flexibility index (Phi) is 2.63. The molecule has 2 heteroatoms. The van der Waals surface area contributed by atoms with E-state index in [0.29, 0.717) is 29.1 Å². The molecule has 0 aromatic rings. The van der Waals surface area contributed by atoms with Gasteiger partial charge in [0.05, 0.1) is 12.2 Å². The Morgan fingerprint density at radius 3 is 2.13 bits per heavy atom. The molecule has 2 aliphatic rings. The summed E-state index contributed by atoms with van der Waals surface area (Å²) in [5.41, 5.74) is 0.883. The average Bonchev–Trinajstić information content (AvgIpc) is 2.50. The van der Waals surface area contributed by atoms with Gasteiger partial charge in [0.25, 0.3) is 0 Å². The maximum Gasteiger partial charge on any atom is 0.0704 e. The number of hydrogen-bond donors (Lipinski definition) is 1. The molecule has 1 aliphatic heterocycles. The van der Waals surface area contributed by atoms with Gasteiger partial charge >= 0.3 is 0 Å². The van der Waals surface area contributed by atoms with Crippen LogP contribution in [-0.4, -0.2) is 24.8 Å². The maximum atomic E-state index is 5.81. The van der Waals surface area contributed by atoms with Crippen molar-refractivity contribution in [3.05, 3.63) is 0 Å². The fraction of sp³-hybridized carbons (Fsp3) is 1.00. The van der Waals surface area contributed by atoms with Crippen LogP contribution >= 0.6 is 0 Å². The molecular weight excluding hydrogens is 186 g/mol. The lowest BCUT2D eigenvalue weighted by Crippen LogP contribution is -2.31. The van der Waals surface area contributed by atoms with Gasteiger partial charge in [-0.1, -0.05) is 27.7 Å². The molecule has 0 bridgehead atoms. The Hall–Kier alpha value is -0.0800. The van der Waals surface area contributed by atoms with E-state index in [0.717, 1.165) is 6.54 Å². The van der Waals surface area contributed by atoms with Gasteiger partial charge in [-0.05, 0) is 30.6 Å². The summed E-state index contributed by atoms with van der Waals surface area (Å²) >= 11 is 0. The highest BCUT2D eigenvalue weighted by atomic mass is 16.5. The van der Waals surface area contributed by atoms with Gasteiger partial charge in [-0.25, -0.2) is 0 Å². The smallest absolute Gasteiger partial charge is 0.0704 e. The minimum absolute atomic E-state index is 0.442. The molecule has 1 N–H and O–H groups in total. The summed E-state index contributed by atoms with van der Waals surface area (Å²) in [6.45, 7) is 12.6. The third kappa shape index (κ3) is 1.83. The SMILES string of the molecule is CC1CCC(CNC2C(C)(C)C2(C)C)O1. The van der Waals surface area contributed by atoms with Crippen molar-refractivity contribution >= 4 is 0 Å². The Morgan fingerprint density at radius 2 is 1.73 bits per heavy atom. The summed E-state index contributed by atoms with van der Waals surface area (Å²) in [7, 11) is 0. The molecule has 1 aliphatic carbocycles. The van der Waals surface area contributed by atoms with E-state index in [-0.39, 0.29) is 0 Å².